The fourth-order valence-corrected chi connectivity index (χ4v) is 4.57. The van der Waals surface area contributed by atoms with E-state index in [1.165, 1.54) is 12.1 Å². The molecule has 0 amide bonds. The molecule has 0 saturated heterocycles. The van der Waals surface area contributed by atoms with Gasteiger partial charge in [-0.25, -0.2) is 0 Å². The molecule has 0 saturated carbocycles. The summed E-state index contributed by atoms with van der Waals surface area (Å²) in [6.07, 6.45) is 13.1. The highest BCUT2D eigenvalue weighted by Crippen LogP contribution is 2.06. The van der Waals surface area contributed by atoms with Crippen LogP contribution >= 0.6 is 0 Å². The molecule has 0 spiro atoms. The van der Waals surface area contributed by atoms with Gasteiger partial charge in [0.25, 0.3) is 11.9 Å². The highest BCUT2D eigenvalue weighted by atomic mass is 28.2. The van der Waals surface area contributed by atoms with Crippen LogP contribution in [0.25, 0.3) is 0 Å². The third kappa shape index (κ3) is 18.2. The van der Waals surface area contributed by atoms with Crippen molar-refractivity contribution in [3.63, 3.8) is 0 Å². The number of hydrogen-bond donors (Lipinski definition) is 0. The Morgan fingerprint density at radius 1 is 0.536 bits per heavy atom. The van der Waals surface area contributed by atoms with Gasteiger partial charge in [0.05, 0.1) is 26.4 Å². The van der Waals surface area contributed by atoms with Crippen LogP contribution in [0.3, 0.4) is 0 Å². The largest absolute Gasteiger partial charge is 0.466 e. The zero-order valence-corrected chi connectivity index (χ0v) is 21.7. The van der Waals surface area contributed by atoms with E-state index in [9.17, 15) is 0 Å². The van der Waals surface area contributed by atoms with E-state index < -0.39 is 0 Å². The average molecular weight is 429 g/mol. The first-order chi connectivity index (χ1) is 13.8. The first kappa shape index (κ1) is 26.9. The van der Waals surface area contributed by atoms with E-state index >= 15 is 0 Å². The molecule has 164 valence electrons. The standard InChI is InChI=1S/C22H44O4Si2/c1-5-13-23-21(24-14-6-2)11-19-27-17-9-10-18-28-20-12-22(25-15-7-3)26-16-8-4/h9-12H,5-8,13-20,27-28H2,1-4H3. The molecule has 0 fully saturated rings. The molecule has 0 unspecified atom stereocenters. The second kappa shape index (κ2) is 22.1. The lowest BCUT2D eigenvalue weighted by Gasteiger charge is -2.10. The highest BCUT2D eigenvalue weighted by molar-refractivity contribution is 6.37. The van der Waals surface area contributed by atoms with E-state index in [-0.39, 0.29) is 19.0 Å². The Morgan fingerprint density at radius 3 is 1.14 bits per heavy atom. The van der Waals surface area contributed by atoms with E-state index in [2.05, 4.69) is 52.0 Å². The van der Waals surface area contributed by atoms with Gasteiger partial charge in [0, 0.05) is 19.0 Å². The minimum Gasteiger partial charge on any atom is -0.466 e. The lowest BCUT2D eigenvalue weighted by Crippen LogP contribution is -2.01. The topological polar surface area (TPSA) is 36.9 Å². The third-order valence-corrected chi connectivity index (χ3v) is 6.61. The quantitative estimate of drug-likeness (QED) is 0.119. The number of ether oxygens (including phenoxy) is 4. The van der Waals surface area contributed by atoms with Crippen molar-refractivity contribution >= 4 is 19.0 Å². The Bertz CT molecular complexity index is 365. The monoisotopic (exact) mass is 428 g/mol. The Morgan fingerprint density at radius 2 is 0.857 bits per heavy atom. The van der Waals surface area contributed by atoms with Gasteiger partial charge in [-0.3, -0.25) is 0 Å². The van der Waals surface area contributed by atoms with Gasteiger partial charge in [0.15, 0.2) is 0 Å². The van der Waals surface area contributed by atoms with Gasteiger partial charge in [-0.05, 0) is 62.0 Å². The maximum absolute atomic E-state index is 5.66. The smallest absolute Gasteiger partial charge is 0.274 e. The molecule has 0 radical (unpaired) electrons. The summed E-state index contributed by atoms with van der Waals surface area (Å²) in [7, 11) is -0.219. The Hall–Kier alpha value is -1.15. The molecule has 0 rings (SSSR count). The van der Waals surface area contributed by atoms with E-state index in [1.54, 1.807) is 0 Å². The first-order valence-electron chi connectivity index (χ1n) is 11.3. The van der Waals surface area contributed by atoms with E-state index in [0.717, 1.165) is 76.1 Å². The van der Waals surface area contributed by atoms with Crippen LogP contribution in [-0.4, -0.2) is 45.5 Å². The Labute approximate surface area is 178 Å². The SMILES string of the molecule is CCCOC(=CC[SiH2]CC=CC[SiH2]CC=C(OCCC)OCCC)OCCC. The number of allylic oxidation sites excluding steroid dienone is 4. The van der Waals surface area contributed by atoms with Crippen LogP contribution in [0, 0.1) is 0 Å². The zero-order valence-electron chi connectivity index (χ0n) is 18.8. The predicted octanol–water partition coefficient (Wildman–Crippen LogP) is 4.94. The predicted molar refractivity (Wildman–Crippen MR) is 127 cm³/mol. The van der Waals surface area contributed by atoms with Crippen molar-refractivity contribution in [1.29, 1.82) is 0 Å². The molecule has 0 aromatic carbocycles. The Kier molecular flexibility index (Phi) is 21.2. The molecule has 0 heterocycles. The van der Waals surface area contributed by atoms with Gasteiger partial charge in [0.2, 0.25) is 0 Å². The van der Waals surface area contributed by atoms with Gasteiger partial charge in [-0.15, -0.1) is 0 Å². The van der Waals surface area contributed by atoms with Gasteiger partial charge < -0.3 is 18.9 Å². The summed E-state index contributed by atoms with van der Waals surface area (Å²) in [6, 6.07) is 4.78. The maximum Gasteiger partial charge on any atom is 0.274 e. The summed E-state index contributed by atoms with van der Waals surface area (Å²) in [5.41, 5.74) is 0. The first-order valence-corrected chi connectivity index (χ1v) is 15.3. The second-order valence-electron chi connectivity index (χ2n) is 6.77. The molecular weight excluding hydrogens is 384 g/mol. The van der Waals surface area contributed by atoms with Gasteiger partial charge in [-0.1, -0.05) is 39.8 Å². The fourth-order valence-electron chi connectivity index (χ4n) is 2.28. The maximum atomic E-state index is 5.66. The van der Waals surface area contributed by atoms with Crippen LogP contribution in [0.2, 0.25) is 24.2 Å². The fraction of sp³-hybridized carbons (Fsp3) is 0.727. The zero-order chi connectivity index (χ0) is 20.7. The summed E-state index contributed by atoms with van der Waals surface area (Å²) in [5, 5.41) is 0. The van der Waals surface area contributed by atoms with Crippen LogP contribution in [-0.2, 0) is 18.9 Å². The van der Waals surface area contributed by atoms with E-state index in [1.807, 2.05) is 0 Å². The van der Waals surface area contributed by atoms with E-state index in [0.29, 0.717) is 0 Å². The van der Waals surface area contributed by atoms with Crippen molar-refractivity contribution in [3.8, 4) is 0 Å². The molecule has 0 aliphatic carbocycles. The Balaban J connectivity index is 3.92. The lowest BCUT2D eigenvalue weighted by atomic mass is 10.5. The molecule has 0 aromatic heterocycles. The normalized spacial score (nSPS) is 11.4. The van der Waals surface area contributed by atoms with Crippen molar-refractivity contribution in [2.75, 3.05) is 26.4 Å². The van der Waals surface area contributed by atoms with Crippen molar-refractivity contribution in [1.82, 2.24) is 0 Å². The molecular formula is C22H44O4Si2. The molecule has 0 atom stereocenters. The molecule has 6 heteroatoms. The summed E-state index contributed by atoms with van der Waals surface area (Å²) < 4.78 is 22.6. The van der Waals surface area contributed by atoms with Crippen LogP contribution in [0.4, 0.5) is 0 Å². The molecule has 0 bridgehead atoms. The minimum absolute atomic E-state index is 0.109. The van der Waals surface area contributed by atoms with E-state index in [4.69, 9.17) is 18.9 Å². The number of hydrogen-bond acceptors (Lipinski definition) is 4. The summed E-state index contributed by atoms with van der Waals surface area (Å²) in [5.74, 6) is 1.48. The minimum atomic E-state index is -0.109. The van der Waals surface area contributed by atoms with Crippen LogP contribution in [0.1, 0.15) is 53.4 Å². The molecule has 0 aromatic rings. The molecule has 4 nitrogen and oxygen atoms in total. The summed E-state index contributed by atoms with van der Waals surface area (Å²) >= 11 is 0. The van der Waals surface area contributed by atoms with Gasteiger partial charge in [-0.2, -0.15) is 0 Å². The number of rotatable bonds is 20. The van der Waals surface area contributed by atoms with Crippen molar-refractivity contribution in [2.45, 2.75) is 77.6 Å². The molecule has 0 aliphatic heterocycles. The van der Waals surface area contributed by atoms with Crippen LogP contribution in [0.15, 0.2) is 36.2 Å². The summed E-state index contributed by atoms with van der Waals surface area (Å²) in [6.45, 7) is 11.4. The van der Waals surface area contributed by atoms with Crippen molar-refractivity contribution in [3.05, 3.63) is 36.2 Å². The molecule has 0 N–H and O–H groups in total. The molecule has 0 aliphatic rings. The van der Waals surface area contributed by atoms with Crippen molar-refractivity contribution in [2.24, 2.45) is 0 Å². The highest BCUT2D eigenvalue weighted by Gasteiger charge is 1.99. The van der Waals surface area contributed by atoms with Gasteiger partial charge >= 0.3 is 0 Å². The third-order valence-electron chi connectivity index (χ3n) is 3.73. The summed E-state index contributed by atoms with van der Waals surface area (Å²) in [4.78, 5) is 0. The van der Waals surface area contributed by atoms with Crippen LogP contribution < -0.4 is 0 Å². The van der Waals surface area contributed by atoms with Crippen LogP contribution in [0.5, 0.6) is 0 Å². The average Bonchev–Trinajstić information content (AvgIpc) is 2.72. The lowest BCUT2D eigenvalue weighted by molar-refractivity contribution is 0.0350. The second-order valence-corrected chi connectivity index (χ2v) is 10.5. The van der Waals surface area contributed by atoms with Gasteiger partial charge in [0.1, 0.15) is 0 Å². The molecule has 28 heavy (non-hydrogen) atoms. The van der Waals surface area contributed by atoms with Crippen molar-refractivity contribution < 1.29 is 18.9 Å².